The first-order valence-electron chi connectivity index (χ1n) is 5.53. The van der Waals surface area contributed by atoms with Crippen LogP contribution in [-0.4, -0.2) is 26.3 Å². The summed E-state index contributed by atoms with van der Waals surface area (Å²) in [6.07, 6.45) is 0. The van der Waals surface area contributed by atoms with Crippen molar-refractivity contribution in [2.75, 3.05) is 31.2 Å². The van der Waals surface area contributed by atoms with Crippen LogP contribution in [-0.2, 0) is 4.74 Å². The number of anilines is 1. The molecule has 0 bridgehead atoms. The first kappa shape index (κ1) is 10.5. The second-order valence-electron chi connectivity index (χ2n) is 4.09. The van der Waals surface area contributed by atoms with Crippen molar-refractivity contribution in [3.8, 4) is 0 Å². The molecule has 0 unspecified atom stereocenters. The van der Waals surface area contributed by atoms with Crippen molar-refractivity contribution in [3.05, 3.63) is 29.8 Å². The molecule has 0 aliphatic carbocycles. The minimum Gasteiger partial charge on any atom is -0.378 e. The Morgan fingerprint density at radius 1 is 1.20 bits per heavy atom. The van der Waals surface area contributed by atoms with Crippen LogP contribution in [0, 0.1) is 0 Å². The molecule has 0 aromatic heterocycles. The van der Waals surface area contributed by atoms with Crippen molar-refractivity contribution in [1.29, 1.82) is 0 Å². The van der Waals surface area contributed by atoms with Crippen molar-refractivity contribution in [2.45, 2.75) is 13.0 Å². The van der Waals surface area contributed by atoms with E-state index in [-0.39, 0.29) is 0 Å². The van der Waals surface area contributed by atoms with Gasteiger partial charge in [0.25, 0.3) is 0 Å². The highest BCUT2D eigenvalue weighted by Crippen LogP contribution is 2.18. The third-order valence-electron chi connectivity index (χ3n) is 2.84. The predicted octanol–water partition coefficient (Wildman–Crippen LogP) is 0.826. The first-order valence-corrected chi connectivity index (χ1v) is 5.53. The fourth-order valence-electron chi connectivity index (χ4n) is 1.84. The van der Waals surface area contributed by atoms with E-state index < -0.39 is 0 Å². The van der Waals surface area contributed by atoms with E-state index in [4.69, 9.17) is 4.74 Å². The first-order chi connectivity index (χ1) is 7.27. The van der Waals surface area contributed by atoms with Crippen molar-refractivity contribution in [3.63, 3.8) is 0 Å². The maximum absolute atomic E-state index is 5.33. The molecular weight excluding hydrogens is 188 g/mol. The highest BCUT2D eigenvalue weighted by Gasteiger charge is 2.11. The van der Waals surface area contributed by atoms with Crippen LogP contribution in [0.4, 0.5) is 5.69 Å². The number of morpholine rings is 1. The van der Waals surface area contributed by atoms with Gasteiger partial charge in [-0.1, -0.05) is 12.1 Å². The minimum atomic E-state index is 0.365. The van der Waals surface area contributed by atoms with E-state index in [1.165, 1.54) is 11.3 Å². The number of rotatable bonds is 2. The zero-order chi connectivity index (χ0) is 10.7. The molecule has 2 rings (SSSR count). The van der Waals surface area contributed by atoms with E-state index in [0.717, 1.165) is 26.3 Å². The third-order valence-corrected chi connectivity index (χ3v) is 2.84. The molecule has 15 heavy (non-hydrogen) atoms. The Bertz CT molecular complexity index is 302. The molecule has 1 saturated heterocycles. The van der Waals surface area contributed by atoms with E-state index in [0.29, 0.717) is 6.04 Å². The molecule has 1 aromatic rings. The molecule has 1 aliphatic heterocycles. The summed E-state index contributed by atoms with van der Waals surface area (Å²) in [6, 6.07) is 9.07. The average molecular weight is 207 g/mol. The Balaban J connectivity index is 2.08. The Morgan fingerprint density at radius 2 is 1.80 bits per heavy atom. The Kier molecular flexibility index (Phi) is 3.23. The lowest BCUT2D eigenvalue weighted by Gasteiger charge is -2.28. The molecule has 1 aromatic carbocycles. The molecule has 1 atom stereocenters. The molecule has 82 valence electrons. The quantitative estimate of drug-likeness (QED) is 0.780. The van der Waals surface area contributed by atoms with Gasteiger partial charge in [0, 0.05) is 24.3 Å². The highest BCUT2D eigenvalue weighted by atomic mass is 16.5. The Hall–Kier alpha value is -1.06. The van der Waals surface area contributed by atoms with Gasteiger partial charge in [-0.15, -0.1) is 0 Å². The summed E-state index contributed by atoms with van der Waals surface area (Å²) in [4.78, 5) is 2.36. The SMILES string of the molecule is C[C@H]([NH3+])c1ccc(N2CCOCC2)cc1. The molecule has 3 heteroatoms. The molecule has 1 fully saturated rings. The van der Waals surface area contributed by atoms with Crippen LogP contribution in [0.3, 0.4) is 0 Å². The van der Waals surface area contributed by atoms with E-state index in [2.05, 4.69) is 41.8 Å². The number of nitrogens with zero attached hydrogens (tertiary/aromatic N) is 1. The van der Waals surface area contributed by atoms with Crippen LogP contribution in [0.25, 0.3) is 0 Å². The fraction of sp³-hybridized carbons (Fsp3) is 0.500. The molecule has 0 saturated carbocycles. The van der Waals surface area contributed by atoms with Crippen molar-refractivity contribution < 1.29 is 10.5 Å². The largest absolute Gasteiger partial charge is 0.378 e. The van der Waals surface area contributed by atoms with E-state index in [1.54, 1.807) is 0 Å². The van der Waals surface area contributed by atoms with E-state index in [9.17, 15) is 0 Å². The summed E-state index contributed by atoms with van der Waals surface area (Å²) in [5.74, 6) is 0. The smallest absolute Gasteiger partial charge is 0.107 e. The fourth-order valence-corrected chi connectivity index (χ4v) is 1.84. The van der Waals surface area contributed by atoms with Crippen molar-refractivity contribution >= 4 is 5.69 Å². The number of benzene rings is 1. The number of hydrogen-bond acceptors (Lipinski definition) is 2. The number of hydrogen-bond donors (Lipinski definition) is 1. The number of ether oxygens (including phenoxy) is 1. The van der Waals surface area contributed by atoms with Gasteiger partial charge in [-0.25, -0.2) is 0 Å². The molecule has 1 aliphatic rings. The van der Waals surface area contributed by atoms with Gasteiger partial charge < -0.3 is 15.4 Å². The zero-order valence-electron chi connectivity index (χ0n) is 9.28. The van der Waals surface area contributed by atoms with Crippen LogP contribution in [0.15, 0.2) is 24.3 Å². The highest BCUT2D eigenvalue weighted by molar-refractivity contribution is 5.48. The lowest BCUT2D eigenvalue weighted by molar-refractivity contribution is -0.420. The maximum atomic E-state index is 5.33. The molecule has 1 heterocycles. The van der Waals surface area contributed by atoms with Crippen LogP contribution in [0.1, 0.15) is 18.5 Å². The summed E-state index contributed by atoms with van der Waals surface area (Å²) in [5.41, 5.74) is 6.61. The predicted molar refractivity (Wildman–Crippen MR) is 60.8 cm³/mol. The van der Waals surface area contributed by atoms with Gasteiger partial charge in [0.05, 0.1) is 13.2 Å². The summed E-state index contributed by atoms with van der Waals surface area (Å²) < 4.78 is 5.33. The van der Waals surface area contributed by atoms with Crippen LogP contribution < -0.4 is 10.6 Å². The van der Waals surface area contributed by atoms with Crippen LogP contribution >= 0.6 is 0 Å². The molecule has 0 spiro atoms. The van der Waals surface area contributed by atoms with Gasteiger partial charge in [0.15, 0.2) is 0 Å². The molecule has 3 N–H and O–H groups in total. The third kappa shape index (κ3) is 2.49. The monoisotopic (exact) mass is 207 g/mol. The van der Waals surface area contributed by atoms with Crippen molar-refractivity contribution in [1.82, 2.24) is 0 Å². The molecule has 0 radical (unpaired) electrons. The lowest BCUT2D eigenvalue weighted by Crippen LogP contribution is -2.51. The topological polar surface area (TPSA) is 40.1 Å². The Morgan fingerprint density at radius 3 is 2.33 bits per heavy atom. The van der Waals surface area contributed by atoms with Gasteiger partial charge in [0.1, 0.15) is 6.04 Å². The van der Waals surface area contributed by atoms with Crippen LogP contribution in [0.5, 0.6) is 0 Å². The Labute approximate surface area is 90.8 Å². The molecule has 0 amide bonds. The summed E-state index contributed by atoms with van der Waals surface area (Å²) in [7, 11) is 0. The number of quaternary nitrogens is 1. The van der Waals surface area contributed by atoms with E-state index >= 15 is 0 Å². The summed E-state index contributed by atoms with van der Waals surface area (Å²) in [6.45, 7) is 5.79. The maximum Gasteiger partial charge on any atom is 0.107 e. The standard InChI is InChI=1S/C12H18N2O/c1-10(13)11-2-4-12(5-3-11)14-6-8-15-9-7-14/h2-5,10H,6-9,13H2,1H3/p+1/t10-/m0/s1. The lowest BCUT2D eigenvalue weighted by atomic mass is 10.1. The molecule has 3 nitrogen and oxygen atoms in total. The second-order valence-corrected chi connectivity index (χ2v) is 4.09. The van der Waals surface area contributed by atoms with Crippen LogP contribution in [0.2, 0.25) is 0 Å². The van der Waals surface area contributed by atoms with Gasteiger partial charge >= 0.3 is 0 Å². The van der Waals surface area contributed by atoms with Gasteiger partial charge in [-0.2, -0.15) is 0 Å². The van der Waals surface area contributed by atoms with Crippen molar-refractivity contribution in [2.24, 2.45) is 0 Å². The minimum absolute atomic E-state index is 0.365. The van der Waals surface area contributed by atoms with E-state index in [1.807, 2.05) is 0 Å². The average Bonchev–Trinajstić information content (AvgIpc) is 2.30. The summed E-state index contributed by atoms with van der Waals surface area (Å²) >= 11 is 0. The normalized spacial score (nSPS) is 18.9. The second kappa shape index (κ2) is 4.64. The van der Waals surface area contributed by atoms with Gasteiger partial charge in [-0.3, -0.25) is 0 Å². The van der Waals surface area contributed by atoms with Gasteiger partial charge in [-0.05, 0) is 19.1 Å². The summed E-state index contributed by atoms with van der Waals surface area (Å²) in [5, 5.41) is 0. The zero-order valence-corrected chi connectivity index (χ0v) is 9.28. The van der Waals surface area contributed by atoms with Gasteiger partial charge in [0.2, 0.25) is 0 Å². The molecular formula is C12H19N2O+.